The molecule has 0 saturated carbocycles. The molecule has 31 heavy (non-hydrogen) atoms. The van der Waals surface area contributed by atoms with Crippen molar-refractivity contribution >= 4 is 17.5 Å². The summed E-state index contributed by atoms with van der Waals surface area (Å²) >= 11 is 0. The summed E-state index contributed by atoms with van der Waals surface area (Å²) in [5, 5.41) is 43.4. The van der Waals surface area contributed by atoms with Crippen LogP contribution in [-0.4, -0.2) is 79.7 Å². The molecule has 0 amide bonds. The minimum Gasteiger partial charge on any atom is -0.458 e. The first-order chi connectivity index (χ1) is 14.5. The highest BCUT2D eigenvalue weighted by Gasteiger charge is 2.18. The largest absolute Gasteiger partial charge is 0.458 e. The van der Waals surface area contributed by atoms with Gasteiger partial charge in [0.05, 0.1) is 30.5 Å². The number of ether oxygens (including phenoxy) is 1. The molecule has 0 aromatic rings. The Balaban J connectivity index is 0.000000209. The van der Waals surface area contributed by atoms with Gasteiger partial charge in [-0.1, -0.05) is 30.4 Å². The zero-order valence-electron chi connectivity index (χ0n) is 17.3. The Hall–Kier alpha value is -2.43. The van der Waals surface area contributed by atoms with Gasteiger partial charge >= 0.3 is 5.97 Å². The van der Waals surface area contributed by atoms with Crippen LogP contribution in [-0.2, 0) is 19.1 Å². The lowest BCUT2D eigenvalue weighted by Gasteiger charge is -2.07. The number of esters is 1. The highest BCUT2D eigenvalue weighted by atomic mass is 16.5. The van der Waals surface area contributed by atoms with E-state index in [1.165, 1.54) is 31.2 Å². The summed E-state index contributed by atoms with van der Waals surface area (Å²) in [7, 11) is 0. The third kappa shape index (κ3) is 12.8. The molecule has 0 bridgehead atoms. The van der Waals surface area contributed by atoms with E-state index in [0.29, 0.717) is 12.8 Å². The van der Waals surface area contributed by atoms with Gasteiger partial charge < -0.3 is 30.3 Å². The fraction of sp³-hybridized carbons (Fsp3) is 0.500. The first-order valence-electron chi connectivity index (χ1n) is 9.91. The van der Waals surface area contributed by atoms with Crippen molar-refractivity contribution in [1.82, 2.24) is 0 Å². The van der Waals surface area contributed by atoms with Crippen LogP contribution in [0.4, 0.5) is 0 Å². The van der Waals surface area contributed by atoms with E-state index in [1.54, 1.807) is 24.3 Å². The predicted molar refractivity (Wildman–Crippen MR) is 111 cm³/mol. The van der Waals surface area contributed by atoms with E-state index in [0.717, 1.165) is 0 Å². The number of allylic oxidation sites excluding steroid dienone is 2. The Morgan fingerprint density at radius 2 is 1.13 bits per heavy atom. The van der Waals surface area contributed by atoms with Gasteiger partial charge in [0.2, 0.25) is 0 Å². The minimum absolute atomic E-state index is 0.0208. The molecule has 9 heteroatoms. The van der Waals surface area contributed by atoms with Crippen LogP contribution in [0.1, 0.15) is 32.6 Å². The molecule has 6 atom stereocenters. The molecule has 0 aromatic carbocycles. The fourth-order valence-electron chi connectivity index (χ4n) is 2.73. The summed E-state index contributed by atoms with van der Waals surface area (Å²) in [6, 6.07) is 0. The third-order valence-corrected chi connectivity index (χ3v) is 4.21. The van der Waals surface area contributed by atoms with Gasteiger partial charge in [0, 0.05) is 32.6 Å². The lowest BCUT2D eigenvalue weighted by Crippen LogP contribution is -2.13. The average Bonchev–Trinajstić information content (AvgIpc) is 3.43. The Morgan fingerprint density at radius 1 is 0.710 bits per heavy atom. The van der Waals surface area contributed by atoms with Gasteiger partial charge in [0.25, 0.3) is 0 Å². The van der Waals surface area contributed by atoms with Gasteiger partial charge in [-0.05, 0) is 18.2 Å². The van der Waals surface area contributed by atoms with Crippen LogP contribution in [0.2, 0.25) is 0 Å². The summed E-state index contributed by atoms with van der Waals surface area (Å²) in [4.78, 5) is 30.8. The summed E-state index contributed by atoms with van der Waals surface area (Å²) in [6.07, 6.45) is 11.4. The van der Waals surface area contributed by atoms with Gasteiger partial charge in [-0.25, -0.2) is 0 Å². The Kier molecular flexibility index (Phi) is 11.8. The van der Waals surface area contributed by atoms with Crippen molar-refractivity contribution in [3.05, 3.63) is 48.6 Å². The number of carbonyl (C=O) groups is 3. The second kappa shape index (κ2) is 13.8. The first-order valence-corrected chi connectivity index (χ1v) is 9.91. The third-order valence-electron chi connectivity index (χ3n) is 4.21. The molecular formula is C22H30O9. The smallest absolute Gasteiger partial charge is 0.303 e. The van der Waals surface area contributed by atoms with Crippen molar-refractivity contribution in [3.8, 4) is 0 Å². The van der Waals surface area contributed by atoms with Crippen LogP contribution in [0.25, 0.3) is 0 Å². The second-order valence-corrected chi connectivity index (χ2v) is 7.28. The van der Waals surface area contributed by atoms with Crippen molar-refractivity contribution in [1.29, 1.82) is 0 Å². The summed E-state index contributed by atoms with van der Waals surface area (Å²) in [5.74, 6) is -0.260. The summed E-state index contributed by atoms with van der Waals surface area (Å²) < 4.78 is 4.80. The van der Waals surface area contributed by atoms with E-state index >= 15 is 0 Å². The number of rotatable bonds is 1. The molecule has 0 saturated heterocycles. The molecule has 0 heterocycles. The lowest BCUT2D eigenvalue weighted by molar-refractivity contribution is -0.144. The number of aliphatic hydroxyl groups is 5. The number of hydrogen-bond acceptors (Lipinski definition) is 9. The molecule has 4 rings (SSSR count). The van der Waals surface area contributed by atoms with Crippen molar-refractivity contribution in [2.45, 2.75) is 69.2 Å². The molecular weight excluding hydrogens is 408 g/mol. The second-order valence-electron chi connectivity index (χ2n) is 7.28. The standard InChI is InChI=1S/C7H10O3.C5H8O2.2C5H6O2/c1-5(8)10-7-3-2-6(9)4-7;3*6-4-1-2-5(7)3-4/h2-3,6-7,9H,4H2,1H3;1-2,4-7H,3H2;2*1-2,4,6H,3H2/t6-,7-;4-,5-;4-;/m111./s1. The maximum Gasteiger partial charge on any atom is 0.303 e. The minimum atomic E-state index is -0.507. The van der Waals surface area contributed by atoms with E-state index in [4.69, 9.17) is 30.3 Å². The topological polar surface area (TPSA) is 162 Å². The quantitative estimate of drug-likeness (QED) is 0.272. The Bertz CT molecular complexity index is 682. The molecule has 4 aliphatic carbocycles. The number of carbonyl (C=O) groups excluding carboxylic acids is 3. The Labute approximate surface area is 180 Å². The van der Waals surface area contributed by atoms with Crippen LogP contribution >= 0.6 is 0 Å². The lowest BCUT2D eigenvalue weighted by atomic mass is 10.3. The van der Waals surface area contributed by atoms with Crippen molar-refractivity contribution in [2.75, 3.05) is 0 Å². The molecule has 0 aromatic heterocycles. The molecule has 172 valence electrons. The van der Waals surface area contributed by atoms with E-state index in [2.05, 4.69) is 0 Å². The van der Waals surface area contributed by atoms with Crippen LogP contribution in [0.5, 0.6) is 0 Å². The molecule has 1 unspecified atom stereocenters. The number of aliphatic hydroxyl groups excluding tert-OH is 5. The highest BCUT2D eigenvalue weighted by Crippen LogP contribution is 2.13. The van der Waals surface area contributed by atoms with Crippen LogP contribution in [0, 0.1) is 0 Å². The van der Waals surface area contributed by atoms with Crippen LogP contribution < -0.4 is 0 Å². The maximum atomic E-state index is 10.4. The van der Waals surface area contributed by atoms with Crippen molar-refractivity contribution < 1.29 is 44.7 Å². The molecule has 0 radical (unpaired) electrons. The molecule has 9 nitrogen and oxygen atoms in total. The van der Waals surface area contributed by atoms with Crippen molar-refractivity contribution in [2.24, 2.45) is 0 Å². The van der Waals surface area contributed by atoms with Gasteiger partial charge in [0.1, 0.15) is 6.10 Å². The average molecular weight is 438 g/mol. The van der Waals surface area contributed by atoms with Crippen molar-refractivity contribution in [3.63, 3.8) is 0 Å². The molecule has 0 spiro atoms. The maximum absolute atomic E-state index is 10.4. The summed E-state index contributed by atoms with van der Waals surface area (Å²) in [5.41, 5.74) is 0. The normalized spacial score (nSPS) is 32.1. The number of ketones is 2. The van der Waals surface area contributed by atoms with E-state index in [-0.39, 0.29) is 36.5 Å². The fourth-order valence-corrected chi connectivity index (χ4v) is 2.73. The van der Waals surface area contributed by atoms with E-state index < -0.39 is 30.5 Å². The van der Waals surface area contributed by atoms with E-state index in [1.807, 2.05) is 0 Å². The number of hydrogen-bond donors (Lipinski definition) is 5. The van der Waals surface area contributed by atoms with Gasteiger partial charge in [0.15, 0.2) is 11.6 Å². The predicted octanol–water partition coefficient (Wildman–Crippen LogP) is -0.340. The molecule has 4 aliphatic rings. The molecule has 5 N–H and O–H groups in total. The Morgan fingerprint density at radius 3 is 1.32 bits per heavy atom. The highest BCUT2D eigenvalue weighted by molar-refractivity contribution is 5.93. The molecule has 0 fully saturated rings. The SMILES string of the molecule is CC(=O)O[C@@H]1C=C[C@@H](O)C1.O=C1C=CC(O)C1.O=C1C=C[C@@H](O)C1.O[C@@H]1C=C[C@@H](O)C1. The molecule has 0 aliphatic heterocycles. The summed E-state index contributed by atoms with van der Waals surface area (Å²) in [6.45, 7) is 1.36. The van der Waals surface area contributed by atoms with E-state index in [9.17, 15) is 14.4 Å². The van der Waals surface area contributed by atoms with Gasteiger partial charge in [-0.2, -0.15) is 0 Å². The van der Waals surface area contributed by atoms with Gasteiger partial charge in [-0.3, -0.25) is 14.4 Å². The zero-order chi connectivity index (χ0) is 23.4. The first kappa shape index (κ1) is 26.6. The van der Waals surface area contributed by atoms with Crippen LogP contribution in [0.15, 0.2) is 48.6 Å². The van der Waals surface area contributed by atoms with Gasteiger partial charge in [-0.15, -0.1) is 0 Å². The zero-order valence-corrected chi connectivity index (χ0v) is 17.3. The van der Waals surface area contributed by atoms with Crippen LogP contribution in [0.3, 0.4) is 0 Å². The monoisotopic (exact) mass is 438 g/mol.